The van der Waals surface area contributed by atoms with E-state index >= 15 is 0 Å². The summed E-state index contributed by atoms with van der Waals surface area (Å²) in [5, 5.41) is 5.45. The highest BCUT2D eigenvalue weighted by molar-refractivity contribution is 6.39. The van der Waals surface area contributed by atoms with Gasteiger partial charge in [-0.15, -0.1) is 0 Å². The van der Waals surface area contributed by atoms with Crippen molar-refractivity contribution in [2.45, 2.75) is 70.7 Å². The standard InChI is InChI=1S/C25H30Cl2N2O4/c1-25(2,3)32-24(30)29-11-15-9-17(10-16(15)12-29)31-13-18-22(28-33-23(18)14-7-8-14)21-19(26)5-4-6-20(21)27/h4-6,14-17H,7-13H2,1-3H3/t15-,16+,17?. The lowest BCUT2D eigenvalue weighted by Gasteiger charge is -2.25. The molecule has 3 fully saturated rings. The molecule has 1 aromatic carbocycles. The first-order chi connectivity index (χ1) is 15.7. The van der Waals surface area contributed by atoms with Crippen molar-refractivity contribution >= 4 is 29.3 Å². The molecular weight excluding hydrogens is 463 g/mol. The van der Waals surface area contributed by atoms with Crippen LogP contribution in [0, 0.1) is 11.8 Å². The molecule has 1 saturated heterocycles. The van der Waals surface area contributed by atoms with Gasteiger partial charge in [0.2, 0.25) is 0 Å². The zero-order chi connectivity index (χ0) is 23.3. The Bertz CT molecular complexity index is 1010. The average Bonchev–Trinajstić information content (AvgIpc) is 3.18. The minimum atomic E-state index is -0.472. The maximum atomic E-state index is 12.4. The van der Waals surface area contributed by atoms with Crippen molar-refractivity contribution in [3.05, 3.63) is 39.6 Å². The van der Waals surface area contributed by atoms with Crippen LogP contribution in [0.25, 0.3) is 11.3 Å². The fraction of sp³-hybridized carbons (Fsp3) is 0.600. The monoisotopic (exact) mass is 492 g/mol. The second kappa shape index (κ2) is 8.79. The Morgan fingerprint density at radius 3 is 2.36 bits per heavy atom. The summed E-state index contributed by atoms with van der Waals surface area (Å²) in [6, 6.07) is 5.45. The Labute approximate surface area is 204 Å². The van der Waals surface area contributed by atoms with E-state index in [-0.39, 0.29) is 12.2 Å². The molecule has 0 spiro atoms. The van der Waals surface area contributed by atoms with Gasteiger partial charge in [0.25, 0.3) is 0 Å². The minimum absolute atomic E-state index is 0.150. The molecule has 178 valence electrons. The van der Waals surface area contributed by atoms with Gasteiger partial charge in [-0.2, -0.15) is 0 Å². The fourth-order valence-electron chi connectivity index (χ4n) is 5.11. The third-order valence-electron chi connectivity index (χ3n) is 6.79. The van der Waals surface area contributed by atoms with Crippen LogP contribution in [-0.2, 0) is 16.1 Å². The van der Waals surface area contributed by atoms with Crippen LogP contribution in [-0.4, -0.2) is 40.9 Å². The van der Waals surface area contributed by atoms with Gasteiger partial charge in [-0.3, -0.25) is 0 Å². The molecule has 1 amide bonds. The summed E-state index contributed by atoms with van der Waals surface area (Å²) in [5.41, 5.74) is 1.87. The van der Waals surface area contributed by atoms with Crippen molar-refractivity contribution in [3.8, 4) is 11.3 Å². The van der Waals surface area contributed by atoms with Crippen LogP contribution in [0.2, 0.25) is 10.0 Å². The number of aromatic nitrogens is 1. The number of fused-ring (bicyclic) bond motifs is 1. The lowest BCUT2D eigenvalue weighted by Crippen LogP contribution is -2.36. The third kappa shape index (κ3) is 4.89. The highest BCUT2D eigenvalue weighted by Gasteiger charge is 2.44. The Balaban J connectivity index is 1.25. The predicted molar refractivity (Wildman–Crippen MR) is 127 cm³/mol. The lowest BCUT2D eigenvalue weighted by molar-refractivity contribution is 0.0203. The quantitative estimate of drug-likeness (QED) is 0.465. The molecule has 6 nitrogen and oxygen atoms in total. The number of carbonyl (C=O) groups excluding carboxylic acids is 1. The lowest BCUT2D eigenvalue weighted by atomic mass is 10.0. The van der Waals surface area contributed by atoms with Gasteiger partial charge in [-0.1, -0.05) is 34.4 Å². The Hall–Kier alpha value is -1.76. The number of halogens is 2. The van der Waals surface area contributed by atoms with E-state index in [1.54, 1.807) is 0 Å². The van der Waals surface area contributed by atoms with Gasteiger partial charge in [0.1, 0.15) is 17.1 Å². The first-order valence-corrected chi connectivity index (χ1v) is 12.5. The number of hydrogen-bond acceptors (Lipinski definition) is 5. The summed E-state index contributed by atoms with van der Waals surface area (Å²) in [6.45, 7) is 7.59. The number of amides is 1. The van der Waals surface area contributed by atoms with Gasteiger partial charge in [0.05, 0.1) is 22.8 Å². The van der Waals surface area contributed by atoms with E-state index in [4.69, 9.17) is 37.2 Å². The van der Waals surface area contributed by atoms with Gasteiger partial charge < -0.3 is 18.9 Å². The maximum absolute atomic E-state index is 12.4. The second-order valence-corrected chi connectivity index (χ2v) is 11.4. The third-order valence-corrected chi connectivity index (χ3v) is 7.42. The average molecular weight is 493 g/mol. The molecule has 2 saturated carbocycles. The molecule has 3 atom stereocenters. The van der Waals surface area contributed by atoms with Crippen LogP contribution >= 0.6 is 23.2 Å². The molecule has 2 aromatic rings. The Morgan fingerprint density at radius 2 is 1.79 bits per heavy atom. The fourth-order valence-corrected chi connectivity index (χ4v) is 5.68. The molecule has 2 aliphatic carbocycles. The summed E-state index contributed by atoms with van der Waals surface area (Å²) in [5.74, 6) is 2.20. The first-order valence-electron chi connectivity index (χ1n) is 11.7. The van der Waals surface area contributed by atoms with Gasteiger partial charge in [-0.05, 0) is 70.4 Å². The number of nitrogens with zero attached hydrogens (tertiary/aromatic N) is 2. The topological polar surface area (TPSA) is 64.8 Å². The van der Waals surface area contributed by atoms with Crippen LogP contribution in [0.5, 0.6) is 0 Å². The number of benzene rings is 1. The number of ether oxygens (including phenoxy) is 2. The molecule has 2 heterocycles. The van der Waals surface area contributed by atoms with Crippen molar-refractivity contribution < 1.29 is 18.8 Å². The Morgan fingerprint density at radius 1 is 1.15 bits per heavy atom. The highest BCUT2D eigenvalue weighted by Crippen LogP contribution is 2.47. The zero-order valence-corrected chi connectivity index (χ0v) is 20.8. The van der Waals surface area contributed by atoms with E-state index in [9.17, 15) is 4.79 Å². The molecule has 3 aliphatic rings. The summed E-state index contributed by atoms with van der Waals surface area (Å²) in [6.07, 6.45) is 4.02. The highest BCUT2D eigenvalue weighted by atomic mass is 35.5. The summed E-state index contributed by atoms with van der Waals surface area (Å²) in [7, 11) is 0. The van der Waals surface area contributed by atoms with E-state index in [1.807, 2.05) is 43.9 Å². The van der Waals surface area contributed by atoms with Gasteiger partial charge in [-0.25, -0.2) is 4.79 Å². The second-order valence-electron chi connectivity index (χ2n) is 10.6. The molecule has 1 unspecified atom stereocenters. The summed E-state index contributed by atoms with van der Waals surface area (Å²) in [4.78, 5) is 14.3. The number of rotatable bonds is 5. The van der Waals surface area contributed by atoms with Crippen LogP contribution in [0.1, 0.15) is 63.7 Å². The van der Waals surface area contributed by atoms with E-state index in [0.717, 1.165) is 50.1 Å². The largest absolute Gasteiger partial charge is 0.444 e. The van der Waals surface area contributed by atoms with Crippen LogP contribution < -0.4 is 0 Å². The molecular formula is C25H30Cl2N2O4. The first kappa shape index (κ1) is 23.0. The molecule has 33 heavy (non-hydrogen) atoms. The van der Waals surface area contributed by atoms with Crippen LogP contribution in [0.4, 0.5) is 4.79 Å². The molecule has 8 heteroatoms. The van der Waals surface area contributed by atoms with Crippen LogP contribution in [0.15, 0.2) is 22.7 Å². The van der Waals surface area contributed by atoms with Crippen LogP contribution in [0.3, 0.4) is 0 Å². The van der Waals surface area contributed by atoms with Gasteiger partial charge >= 0.3 is 6.09 Å². The zero-order valence-electron chi connectivity index (χ0n) is 19.3. The van der Waals surface area contributed by atoms with E-state index in [2.05, 4.69) is 5.16 Å². The maximum Gasteiger partial charge on any atom is 0.410 e. The normalized spacial score (nSPS) is 24.9. The smallest absolute Gasteiger partial charge is 0.410 e. The van der Waals surface area contributed by atoms with E-state index in [1.165, 1.54) is 0 Å². The van der Waals surface area contributed by atoms with Crippen molar-refractivity contribution in [1.29, 1.82) is 0 Å². The van der Waals surface area contributed by atoms with Gasteiger partial charge in [0, 0.05) is 30.1 Å². The summed E-state index contributed by atoms with van der Waals surface area (Å²) < 4.78 is 17.7. The van der Waals surface area contributed by atoms with E-state index < -0.39 is 5.60 Å². The van der Waals surface area contributed by atoms with Crippen molar-refractivity contribution in [2.75, 3.05) is 13.1 Å². The summed E-state index contributed by atoms with van der Waals surface area (Å²) >= 11 is 12.9. The molecule has 1 aliphatic heterocycles. The number of likely N-dealkylation sites (tertiary alicyclic amines) is 1. The number of carbonyl (C=O) groups is 1. The number of hydrogen-bond donors (Lipinski definition) is 0. The van der Waals surface area contributed by atoms with Crippen molar-refractivity contribution in [1.82, 2.24) is 10.1 Å². The minimum Gasteiger partial charge on any atom is -0.444 e. The molecule has 0 radical (unpaired) electrons. The molecule has 0 N–H and O–H groups in total. The van der Waals surface area contributed by atoms with E-state index in [0.29, 0.717) is 45.7 Å². The predicted octanol–water partition coefficient (Wildman–Crippen LogP) is 6.69. The van der Waals surface area contributed by atoms with Crippen molar-refractivity contribution in [3.63, 3.8) is 0 Å². The van der Waals surface area contributed by atoms with Gasteiger partial charge in [0.15, 0.2) is 0 Å². The molecule has 0 bridgehead atoms. The molecule has 5 rings (SSSR count). The SMILES string of the molecule is CC(C)(C)OC(=O)N1C[C@H]2CC(OCc3c(-c4c(Cl)cccc4Cl)noc3C3CC3)C[C@H]2C1. The van der Waals surface area contributed by atoms with Crippen molar-refractivity contribution in [2.24, 2.45) is 11.8 Å². The Kier molecular flexibility index (Phi) is 6.13. The molecule has 1 aromatic heterocycles.